The maximum absolute atomic E-state index is 13.6. The van der Waals surface area contributed by atoms with Crippen molar-refractivity contribution in [3.8, 4) is 0 Å². The lowest BCUT2D eigenvalue weighted by Gasteiger charge is -2.30. The van der Waals surface area contributed by atoms with E-state index >= 15 is 0 Å². The molecule has 5 rings (SSSR count). The van der Waals surface area contributed by atoms with Crippen LogP contribution in [-0.2, 0) is 15.8 Å². The minimum Gasteiger partial charge on any atom is -0.292 e. The highest BCUT2D eigenvalue weighted by Gasteiger charge is 2.64. The Labute approximate surface area is 180 Å². The molecule has 0 aromatic heterocycles. The van der Waals surface area contributed by atoms with Crippen LogP contribution in [0.3, 0.4) is 0 Å². The van der Waals surface area contributed by atoms with Crippen molar-refractivity contribution in [3.63, 3.8) is 0 Å². The Morgan fingerprint density at radius 1 is 0.906 bits per heavy atom. The lowest BCUT2D eigenvalue weighted by molar-refractivity contribution is -0.137. The summed E-state index contributed by atoms with van der Waals surface area (Å²) < 4.78 is 40.8. The molecule has 3 aliphatic rings. The lowest BCUT2D eigenvalue weighted by Crippen LogP contribution is -2.46. The predicted octanol–water partition coefficient (Wildman–Crippen LogP) is 3.30. The van der Waals surface area contributed by atoms with E-state index < -0.39 is 58.9 Å². The molecule has 0 saturated carbocycles. The third-order valence-electron chi connectivity index (χ3n) is 6.07. The van der Waals surface area contributed by atoms with Gasteiger partial charge in [0.05, 0.1) is 29.1 Å². The number of carbonyl (C=O) groups excluding carboxylic acids is 3. The van der Waals surface area contributed by atoms with Crippen molar-refractivity contribution in [3.05, 3.63) is 77.9 Å². The molecule has 0 unspecified atom stereocenters. The highest BCUT2D eigenvalue weighted by molar-refractivity contribution is 6.25. The molecular weight excluding hydrogens is 423 g/mol. The number of Topliss-reactive ketones (excluding diaryl/α,β-unsaturated/α-hetero) is 1. The molecule has 0 bridgehead atoms. The number of anilines is 1. The number of para-hydroxylation sites is 1. The zero-order valence-corrected chi connectivity index (χ0v) is 16.4. The van der Waals surface area contributed by atoms with Gasteiger partial charge in [-0.3, -0.25) is 19.4 Å². The molecule has 3 heterocycles. The van der Waals surface area contributed by atoms with E-state index in [1.54, 1.807) is 42.5 Å². The van der Waals surface area contributed by atoms with Gasteiger partial charge in [-0.1, -0.05) is 48.5 Å². The minimum atomic E-state index is -4.75. The van der Waals surface area contributed by atoms with E-state index in [2.05, 4.69) is 5.10 Å². The summed E-state index contributed by atoms with van der Waals surface area (Å²) in [5.41, 5.74) is -1.28. The number of halogens is 3. The van der Waals surface area contributed by atoms with Gasteiger partial charge in [-0.15, -0.1) is 0 Å². The fourth-order valence-electron chi connectivity index (χ4n) is 4.76. The summed E-state index contributed by atoms with van der Waals surface area (Å²) in [6, 6.07) is 10.9. The van der Waals surface area contributed by atoms with Gasteiger partial charge in [-0.2, -0.15) is 18.3 Å². The van der Waals surface area contributed by atoms with Gasteiger partial charge < -0.3 is 0 Å². The molecule has 9 heteroatoms. The van der Waals surface area contributed by atoms with Crippen molar-refractivity contribution in [2.24, 2.45) is 16.9 Å². The highest BCUT2D eigenvalue weighted by atomic mass is 19.4. The number of benzene rings is 2. The van der Waals surface area contributed by atoms with Gasteiger partial charge in [0.2, 0.25) is 11.8 Å². The number of hydrogen-bond acceptors (Lipinski definition) is 5. The molecule has 0 aliphatic carbocycles. The number of fused-ring (bicyclic) bond motifs is 3. The van der Waals surface area contributed by atoms with Gasteiger partial charge in [0.15, 0.2) is 5.78 Å². The number of hydrogen-bond donors (Lipinski definition) is 0. The third-order valence-corrected chi connectivity index (χ3v) is 6.07. The molecule has 2 saturated heterocycles. The molecule has 162 valence electrons. The van der Waals surface area contributed by atoms with E-state index in [-0.39, 0.29) is 0 Å². The quantitative estimate of drug-likeness (QED) is 0.544. The van der Waals surface area contributed by atoms with Crippen LogP contribution in [0.2, 0.25) is 0 Å². The molecule has 3 aliphatic heterocycles. The summed E-state index contributed by atoms with van der Waals surface area (Å²) >= 11 is 0. The minimum absolute atomic E-state index is 0.330. The van der Waals surface area contributed by atoms with Crippen molar-refractivity contribution in [2.75, 3.05) is 4.90 Å². The van der Waals surface area contributed by atoms with E-state index in [1.807, 2.05) is 0 Å². The van der Waals surface area contributed by atoms with Crippen LogP contribution in [0.4, 0.5) is 18.9 Å². The highest BCUT2D eigenvalue weighted by Crippen LogP contribution is 2.48. The van der Waals surface area contributed by atoms with E-state index in [0.717, 1.165) is 12.1 Å². The summed E-state index contributed by atoms with van der Waals surface area (Å²) in [6.07, 6.45) is -0.0609. The van der Waals surface area contributed by atoms with Crippen molar-refractivity contribution in [1.82, 2.24) is 5.01 Å². The second-order valence-electron chi connectivity index (χ2n) is 7.77. The summed E-state index contributed by atoms with van der Waals surface area (Å²) in [4.78, 5) is 40.8. The Morgan fingerprint density at radius 3 is 2.28 bits per heavy atom. The zero-order valence-electron chi connectivity index (χ0n) is 16.4. The molecule has 4 atom stereocenters. The molecule has 6 nitrogen and oxygen atoms in total. The molecule has 2 aromatic carbocycles. The summed E-state index contributed by atoms with van der Waals surface area (Å²) in [7, 11) is 0. The number of alkyl halides is 3. The summed E-state index contributed by atoms with van der Waals surface area (Å²) in [6.45, 7) is 0. The summed E-state index contributed by atoms with van der Waals surface area (Å²) in [5.74, 6) is -4.18. The van der Waals surface area contributed by atoms with Crippen molar-refractivity contribution in [1.29, 1.82) is 0 Å². The van der Waals surface area contributed by atoms with Gasteiger partial charge in [-0.25, -0.2) is 4.90 Å². The zero-order chi connectivity index (χ0) is 22.6. The van der Waals surface area contributed by atoms with Crippen molar-refractivity contribution >= 4 is 29.5 Å². The van der Waals surface area contributed by atoms with Gasteiger partial charge in [0.25, 0.3) is 0 Å². The fourth-order valence-corrected chi connectivity index (χ4v) is 4.76. The fraction of sp³-hybridized carbons (Fsp3) is 0.217. The van der Waals surface area contributed by atoms with E-state index in [9.17, 15) is 27.6 Å². The number of carbonyl (C=O) groups is 3. The van der Waals surface area contributed by atoms with Gasteiger partial charge >= 0.3 is 6.18 Å². The van der Waals surface area contributed by atoms with Crippen molar-refractivity contribution in [2.45, 2.75) is 18.3 Å². The predicted molar refractivity (Wildman–Crippen MR) is 109 cm³/mol. The molecule has 0 N–H and O–H groups in total. The Balaban J connectivity index is 1.61. The average molecular weight is 439 g/mol. The van der Waals surface area contributed by atoms with Crippen LogP contribution in [0.15, 0.2) is 71.9 Å². The largest absolute Gasteiger partial charge is 0.418 e. The van der Waals surface area contributed by atoms with Crippen molar-refractivity contribution < 1.29 is 27.6 Å². The number of nitrogens with zero attached hydrogens (tertiary/aromatic N) is 3. The molecule has 0 radical (unpaired) electrons. The topological polar surface area (TPSA) is 70.0 Å². The van der Waals surface area contributed by atoms with Gasteiger partial charge in [0.1, 0.15) is 6.04 Å². The molecule has 32 heavy (non-hydrogen) atoms. The number of imide groups is 1. The number of allylic oxidation sites excluding steroid dienone is 1. The standard InChI is InChI=1S/C23H16F3N3O3/c24-23(25,26)14-9-4-5-10-15(14)28-21(31)17-16-11-6-12-27-29(16)19(18(17)22(28)32)20(30)13-7-2-1-3-8-13/h1-12,16-19H/t16-,17-,18+,19-/m0/s1. The van der Waals surface area contributed by atoms with E-state index in [0.29, 0.717) is 10.5 Å². The van der Waals surface area contributed by atoms with Crippen LogP contribution in [0.25, 0.3) is 0 Å². The number of amides is 2. The maximum Gasteiger partial charge on any atom is 0.418 e. The Kier molecular flexibility index (Phi) is 4.51. The Hall–Kier alpha value is -3.75. The first-order valence-electron chi connectivity index (χ1n) is 9.93. The number of hydrazone groups is 1. The first kappa shape index (κ1) is 20.2. The smallest absolute Gasteiger partial charge is 0.292 e. The second-order valence-corrected chi connectivity index (χ2v) is 7.77. The molecule has 2 aromatic rings. The number of rotatable bonds is 3. The van der Waals surface area contributed by atoms with Crippen LogP contribution in [0.1, 0.15) is 15.9 Å². The average Bonchev–Trinajstić information content (AvgIpc) is 3.26. The third kappa shape index (κ3) is 2.88. The normalized spacial score (nSPS) is 26.5. The monoisotopic (exact) mass is 439 g/mol. The van der Waals surface area contributed by atoms with E-state index in [4.69, 9.17) is 0 Å². The van der Waals surface area contributed by atoms with E-state index in [1.165, 1.54) is 23.4 Å². The van der Waals surface area contributed by atoms with Gasteiger partial charge in [-0.05, 0) is 18.2 Å². The Bertz CT molecular complexity index is 1180. The van der Waals surface area contributed by atoms with Crippen LogP contribution in [-0.4, -0.2) is 40.9 Å². The molecule has 0 spiro atoms. The molecule has 2 fully saturated rings. The SMILES string of the molecule is O=C(c1ccccc1)[C@@H]1[C@@H]2C(=O)N(c3ccccc3C(F)(F)F)C(=O)[C@H]2[C@@H]2C=CC=NN12. The second kappa shape index (κ2) is 7.15. The lowest BCUT2D eigenvalue weighted by atomic mass is 9.86. The van der Waals surface area contributed by atoms with Crippen LogP contribution in [0.5, 0.6) is 0 Å². The number of ketones is 1. The first-order valence-corrected chi connectivity index (χ1v) is 9.93. The van der Waals surface area contributed by atoms with Crippen LogP contribution in [0, 0.1) is 11.8 Å². The van der Waals surface area contributed by atoms with Crippen LogP contribution >= 0.6 is 0 Å². The Morgan fingerprint density at radius 2 is 1.56 bits per heavy atom. The van der Waals surface area contributed by atoms with Gasteiger partial charge in [0, 0.05) is 11.8 Å². The maximum atomic E-state index is 13.6. The molecular formula is C23H16F3N3O3. The molecule has 2 amide bonds. The first-order chi connectivity index (χ1) is 15.3. The van der Waals surface area contributed by atoms with Crippen LogP contribution < -0.4 is 4.90 Å². The summed E-state index contributed by atoms with van der Waals surface area (Å²) in [5, 5.41) is 5.65.